The lowest BCUT2D eigenvalue weighted by Crippen LogP contribution is -2.46. The van der Waals surface area contributed by atoms with Gasteiger partial charge in [0.2, 0.25) is 0 Å². The minimum absolute atomic E-state index is 0.118. The van der Waals surface area contributed by atoms with Crippen LogP contribution in [0.3, 0.4) is 0 Å². The van der Waals surface area contributed by atoms with Gasteiger partial charge in [0.25, 0.3) is 11.8 Å². The molecule has 5 rings (SSSR count). The first kappa shape index (κ1) is 25.0. The van der Waals surface area contributed by atoms with E-state index in [0.717, 1.165) is 16.7 Å². The van der Waals surface area contributed by atoms with Gasteiger partial charge in [-0.25, -0.2) is 9.79 Å². The van der Waals surface area contributed by atoms with Gasteiger partial charge in [0.05, 0.1) is 6.54 Å². The average Bonchev–Trinajstić information content (AvgIpc) is 3.19. The third-order valence-corrected chi connectivity index (χ3v) is 7.12. The molecule has 0 radical (unpaired) electrons. The summed E-state index contributed by atoms with van der Waals surface area (Å²) in [5.74, 6) is -0.262. The molecule has 0 spiro atoms. The van der Waals surface area contributed by atoms with E-state index in [-0.39, 0.29) is 30.4 Å². The van der Waals surface area contributed by atoms with Crippen LogP contribution < -0.4 is 11.1 Å². The Kier molecular flexibility index (Phi) is 6.83. The van der Waals surface area contributed by atoms with Gasteiger partial charge in [-0.2, -0.15) is 0 Å². The van der Waals surface area contributed by atoms with E-state index in [1.165, 1.54) is 4.90 Å². The molecular formula is C29H29N5O4. The fraction of sp³-hybridized carbons (Fsp3) is 0.241. The number of rotatable bonds is 6. The molecule has 2 heterocycles. The second-order valence-corrected chi connectivity index (χ2v) is 9.52. The summed E-state index contributed by atoms with van der Waals surface area (Å²) in [6.45, 7) is 1.10. The zero-order valence-electron chi connectivity index (χ0n) is 20.8. The lowest BCUT2D eigenvalue weighted by molar-refractivity contribution is -0.130. The van der Waals surface area contributed by atoms with Crippen molar-refractivity contribution in [2.24, 2.45) is 10.7 Å². The lowest BCUT2D eigenvalue weighted by atomic mass is 9.83. The standard InChI is InChI=1S/C29H29N5O4/c30-27-32-29(22-10-3-1-4-11-22,23-12-5-2-6-13-23)26(36)34(27)19-20-8-7-9-21(18-20)25(35)33-16-14-24(15-17-33)31-28(37)38/h1-13,18,24,31H,14-17,19H2,(H2,30,32)(H,37,38). The number of likely N-dealkylation sites (tertiary alicyclic amines) is 1. The Balaban J connectivity index is 1.36. The lowest BCUT2D eigenvalue weighted by Gasteiger charge is -2.32. The van der Waals surface area contributed by atoms with Gasteiger partial charge in [-0.3, -0.25) is 14.5 Å². The quantitative estimate of drug-likeness (QED) is 0.468. The van der Waals surface area contributed by atoms with Gasteiger partial charge in [-0.15, -0.1) is 0 Å². The van der Waals surface area contributed by atoms with Crippen LogP contribution in [-0.4, -0.2) is 57.9 Å². The number of amides is 3. The number of hydrogen-bond acceptors (Lipinski definition) is 5. The van der Waals surface area contributed by atoms with E-state index in [1.807, 2.05) is 66.7 Å². The second-order valence-electron chi connectivity index (χ2n) is 9.52. The molecule has 0 aliphatic carbocycles. The summed E-state index contributed by atoms with van der Waals surface area (Å²) < 4.78 is 0. The van der Waals surface area contributed by atoms with Crippen LogP contribution in [0.1, 0.15) is 39.9 Å². The molecule has 2 aliphatic heterocycles. The van der Waals surface area contributed by atoms with Crippen molar-refractivity contribution in [1.29, 1.82) is 0 Å². The third-order valence-electron chi connectivity index (χ3n) is 7.12. The van der Waals surface area contributed by atoms with Crippen molar-refractivity contribution < 1.29 is 19.5 Å². The smallest absolute Gasteiger partial charge is 0.404 e. The van der Waals surface area contributed by atoms with Crippen LogP contribution >= 0.6 is 0 Å². The summed E-state index contributed by atoms with van der Waals surface area (Å²) in [4.78, 5) is 46.0. The Morgan fingerprint density at radius 3 is 2.13 bits per heavy atom. The van der Waals surface area contributed by atoms with Crippen molar-refractivity contribution in [2.45, 2.75) is 31.0 Å². The SMILES string of the molecule is NC1=NC(c2ccccc2)(c2ccccc2)C(=O)N1Cc1cccc(C(=O)N2CCC(NC(=O)O)CC2)c1. The topological polar surface area (TPSA) is 128 Å². The van der Waals surface area contributed by atoms with Gasteiger partial charge < -0.3 is 21.1 Å². The number of nitrogens with two attached hydrogens (primary N) is 1. The number of carbonyl (C=O) groups is 3. The number of benzene rings is 3. The van der Waals surface area contributed by atoms with E-state index >= 15 is 0 Å². The first-order chi connectivity index (χ1) is 18.4. The molecule has 2 aliphatic rings. The molecule has 9 heteroatoms. The Hall–Kier alpha value is -4.66. The van der Waals surface area contributed by atoms with Crippen LogP contribution in [0, 0.1) is 0 Å². The van der Waals surface area contributed by atoms with Crippen LogP contribution in [0.25, 0.3) is 0 Å². The number of piperidine rings is 1. The minimum atomic E-state index is -1.28. The monoisotopic (exact) mass is 511 g/mol. The summed E-state index contributed by atoms with van der Waals surface area (Å²) in [5.41, 5.74) is 7.79. The van der Waals surface area contributed by atoms with Crippen LogP contribution in [-0.2, 0) is 16.9 Å². The zero-order chi connectivity index (χ0) is 26.7. The van der Waals surface area contributed by atoms with Crippen LogP contribution in [0.15, 0.2) is 89.9 Å². The fourth-order valence-corrected chi connectivity index (χ4v) is 5.20. The Labute approximate surface area is 220 Å². The number of carbonyl (C=O) groups excluding carboxylic acids is 2. The molecule has 4 N–H and O–H groups in total. The predicted octanol–water partition coefficient (Wildman–Crippen LogP) is 3.16. The number of nitrogens with one attached hydrogen (secondary N) is 1. The minimum Gasteiger partial charge on any atom is -0.465 e. The van der Waals surface area contributed by atoms with E-state index in [4.69, 9.17) is 15.8 Å². The predicted molar refractivity (Wildman–Crippen MR) is 142 cm³/mol. The van der Waals surface area contributed by atoms with Crippen molar-refractivity contribution in [3.8, 4) is 0 Å². The largest absolute Gasteiger partial charge is 0.465 e. The molecular weight excluding hydrogens is 482 g/mol. The van der Waals surface area contributed by atoms with Crippen molar-refractivity contribution in [3.63, 3.8) is 0 Å². The zero-order valence-corrected chi connectivity index (χ0v) is 20.8. The summed E-state index contributed by atoms with van der Waals surface area (Å²) in [6.07, 6.45) is 0.0765. The normalized spacial score (nSPS) is 17.3. The maximum absolute atomic E-state index is 14.0. The molecule has 38 heavy (non-hydrogen) atoms. The van der Waals surface area contributed by atoms with Crippen LogP contribution in [0.5, 0.6) is 0 Å². The van der Waals surface area contributed by atoms with E-state index in [9.17, 15) is 14.4 Å². The molecule has 3 aromatic rings. The van der Waals surface area contributed by atoms with Gasteiger partial charge >= 0.3 is 6.09 Å². The van der Waals surface area contributed by atoms with E-state index in [0.29, 0.717) is 31.5 Å². The van der Waals surface area contributed by atoms with Gasteiger partial charge in [0.1, 0.15) is 0 Å². The maximum Gasteiger partial charge on any atom is 0.404 e. The number of guanidine groups is 1. The molecule has 3 amide bonds. The molecule has 3 aromatic carbocycles. The van der Waals surface area contributed by atoms with Crippen molar-refractivity contribution >= 4 is 23.9 Å². The highest BCUT2D eigenvalue weighted by Gasteiger charge is 2.50. The van der Waals surface area contributed by atoms with E-state index < -0.39 is 11.6 Å². The van der Waals surface area contributed by atoms with Crippen molar-refractivity contribution in [3.05, 3.63) is 107 Å². The molecule has 0 unspecified atom stereocenters. The molecule has 9 nitrogen and oxygen atoms in total. The second kappa shape index (κ2) is 10.4. The molecule has 0 aromatic heterocycles. The Morgan fingerprint density at radius 2 is 1.55 bits per heavy atom. The summed E-state index contributed by atoms with van der Waals surface area (Å²) >= 11 is 0. The first-order valence-electron chi connectivity index (χ1n) is 12.5. The van der Waals surface area contributed by atoms with Crippen LogP contribution in [0.2, 0.25) is 0 Å². The summed E-state index contributed by atoms with van der Waals surface area (Å²) in [6, 6.07) is 25.8. The molecule has 0 saturated carbocycles. The van der Waals surface area contributed by atoms with Crippen LogP contribution in [0.4, 0.5) is 4.79 Å². The van der Waals surface area contributed by atoms with Gasteiger partial charge in [0, 0.05) is 24.7 Å². The van der Waals surface area contributed by atoms with Gasteiger partial charge in [0.15, 0.2) is 11.5 Å². The van der Waals surface area contributed by atoms with Crippen molar-refractivity contribution in [2.75, 3.05) is 13.1 Å². The molecule has 1 fully saturated rings. The Bertz CT molecular complexity index is 1330. The highest BCUT2D eigenvalue weighted by Crippen LogP contribution is 2.40. The summed E-state index contributed by atoms with van der Waals surface area (Å²) in [7, 11) is 0. The molecule has 0 bridgehead atoms. The number of nitrogens with zero attached hydrogens (tertiary/aromatic N) is 3. The first-order valence-corrected chi connectivity index (χ1v) is 12.5. The maximum atomic E-state index is 14.0. The highest BCUT2D eigenvalue weighted by atomic mass is 16.4. The van der Waals surface area contributed by atoms with Gasteiger partial charge in [-0.1, -0.05) is 72.8 Å². The number of aliphatic imine (C=N–C) groups is 1. The molecule has 194 valence electrons. The fourth-order valence-electron chi connectivity index (χ4n) is 5.20. The molecule has 1 saturated heterocycles. The van der Waals surface area contributed by atoms with Gasteiger partial charge in [-0.05, 0) is 41.7 Å². The molecule has 0 atom stereocenters. The summed E-state index contributed by atoms with van der Waals surface area (Å²) in [5, 5.41) is 11.4. The van der Waals surface area contributed by atoms with E-state index in [2.05, 4.69) is 5.32 Å². The number of hydrogen-bond donors (Lipinski definition) is 3. The highest BCUT2D eigenvalue weighted by molar-refractivity contribution is 6.09. The third kappa shape index (κ3) is 4.70. The van der Waals surface area contributed by atoms with E-state index in [1.54, 1.807) is 23.1 Å². The number of carboxylic acid groups (broad SMARTS) is 1. The van der Waals surface area contributed by atoms with Crippen molar-refractivity contribution in [1.82, 2.24) is 15.1 Å². The average molecular weight is 512 g/mol. The Morgan fingerprint density at radius 1 is 0.947 bits per heavy atom.